The molecule has 17 heavy (non-hydrogen) atoms. The molecule has 0 spiro atoms. The largest absolute Gasteiger partial charge is 0.497 e. The molecule has 0 fully saturated rings. The number of ether oxygens (including phenoxy) is 1. The lowest BCUT2D eigenvalue weighted by Gasteiger charge is -2.07. The van der Waals surface area contributed by atoms with Crippen LogP contribution in [0.2, 0.25) is 0 Å². The van der Waals surface area contributed by atoms with Gasteiger partial charge in [-0.2, -0.15) is 0 Å². The Kier molecular flexibility index (Phi) is 5.70. The van der Waals surface area contributed by atoms with Gasteiger partial charge in [-0.1, -0.05) is 26.0 Å². The van der Waals surface area contributed by atoms with Gasteiger partial charge in [-0.05, 0) is 31.0 Å². The molecule has 3 heteroatoms. The van der Waals surface area contributed by atoms with Gasteiger partial charge in [0, 0.05) is 5.56 Å². The number of benzene rings is 1. The van der Waals surface area contributed by atoms with Crippen molar-refractivity contribution in [2.24, 2.45) is 5.92 Å². The summed E-state index contributed by atoms with van der Waals surface area (Å²) in [7, 11) is 1.60. The molecule has 0 unspecified atom stereocenters. The van der Waals surface area contributed by atoms with Gasteiger partial charge in [0.05, 0.1) is 13.7 Å². The Labute approximate surface area is 103 Å². The fourth-order valence-corrected chi connectivity index (χ4v) is 1.49. The van der Waals surface area contributed by atoms with Crippen LogP contribution in [0.25, 0.3) is 0 Å². The zero-order chi connectivity index (χ0) is 12.7. The van der Waals surface area contributed by atoms with Crippen molar-refractivity contribution in [3.63, 3.8) is 0 Å². The summed E-state index contributed by atoms with van der Waals surface area (Å²) >= 11 is 0. The molecule has 1 aromatic carbocycles. The van der Waals surface area contributed by atoms with Gasteiger partial charge in [0.2, 0.25) is 0 Å². The molecule has 0 aliphatic carbocycles. The second kappa shape index (κ2) is 7.07. The fraction of sp³-hybridized carbons (Fsp3) is 0.500. The first-order valence-corrected chi connectivity index (χ1v) is 6.01. The van der Waals surface area contributed by atoms with Gasteiger partial charge in [0.15, 0.2) is 5.78 Å². The van der Waals surface area contributed by atoms with Gasteiger partial charge in [-0.15, -0.1) is 0 Å². The number of hydrogen-bond acceptors (Lipinski definition) is 3. The number of carbonyl (C=O) groups excluding carboxylic acids is 1. The molecule has 0 aromatic heterocycles. The lowest BCUT2D eigenvalue weighted by atomic mass is 10.1. The van der Waals surface area contributed by atoms with Crippen LogP contribution in [0.15, 0.2) is 24.3 Å². The number of hydrogen-bond donors (Lipinski definition) is 1. The van der Waals surface area contributed by atoms with E-state index in [1.54, 1.807) is 13.2 Å². The molecule has 0 saturated heterocycles. The van der Waals surface area contributed by atoms with E-state index in [-0.39, 0.29) is 5.78 Å². The molecular formula is C14H21NO2. The summed E-state index contributed by atoms with van der Waals surface area (Å²) in [6.45, 7) is 5.62. The molecular weight excluding hydrogens is 214 g/mol. The first-order valence-electron chi connectivity index (χ1n) is 6.01. The molecule has 0 bridgehead atoms. The number of methoxy groups -OCH3 is 1. The summed E-state index contributed by atoms with van der Waals surface area (Å²) in [5, 5.41) is 3.16. The maximum atomic E-state index is 11.8. The summed E-state index contributed by atoms with van der Waals surface area (Å²) in [4.78, 5) is 11.8. The summed E-state index contributed by atoms with van der Waals surface area (Å²) in [5.74, 6) is 1.49. The van der Waals surface area contributed by atoms with Crippen LogP contribution in [0, 0.1) is 5.92 Å². The first kappa shape index (κ1) is 13.7. The highest BCUT2D eigenvalue weighted by molar-refractivity contribution is 5.97. The highest BCUT2D eigenvalue weighted by Crippen LogP contribution is 2.12. The van der Waals surface area contributed by atoms with Crippen LogP contribution < -0.4 is 10.1 Å². The van der Waals surface area contributed by atoms with Crippen molar-refractivity contribution < 1.29 is 9.53 Å². The van der Waals surface area contributed by atoms with Crippen molar-refractivity contribution in [3.05, 3.63) is 29.8 Å². The Bertz CT molecular complexity index is 361. The lowest BCUT2D eigenvalue weighted by molar-refractivity contribution is 0.0990. The van der Waals surface area contributed by atoms with E-state index in [4.69, 9.17) is 4.74 Å². The van der Waals surface area contributed by atoms with Gasteiger partial charge < -0.3 is 10.1 Å². The molecule has 0 aliphatic heterocycles. The SMILES string of the molecule is COc1cccc(C(=O)CNCCC(C)C)c1. The topological polar surface area (TPSA) is 38.3 Å². The molecule has 1 aromatic rings. The third-order valence-corrected chi connectivity index (χ3v) is 2.58. The van der Waals surface area contributed by atoms with Crippen molar-refractivity contribution in [2.75, 3.05) is 20.2 Å². The highest BCUT2D eigenvalue weighted by atomic mass is 16.5. The maximum Gasteiger partial charge on any atom is 0.176 e. The Balaban J connectivity index is 2.41. The van der Waals surface area contributed by atoms with Crippen LogP contribution >= 0.6 is 0 Å². The second-order valence-corrected chi connectivity index (χ2v) is 4.51. The fourth-order valence-electron chi connectivity index (χ4n) is 1.49. The van der Waals surface area contributed by atoms with Crippen LogP contribution in [0.4, 0.5) is 0 Å². The van der Waals surface area contributed by atoms with Gasteiger partial charge in [0.1, 0.15) is 5.75 Å². The Morgan fingerprint density at radius 3 is 2.82 bits per heavy atom. The van der Waals surface area contributed by atoms with E-state index in [9.17, 15) is 4.79 Å². The molecule has 0 aliphatic rings. The van der Waals surface area contributed by atoms with E-state index in [0.29, 0.717) is 18.0 Å². The van der Waals surface area contributed by atoms with E-state index in [1.807, 2.05) is 18.2 Å². The normalized spacial score (nSPS) is 10.6. The third-order valence-electron chi connectivity index (χ3n) is 2.58. The number of nitrogens with one attached hydrogen (secondary N) is 1. The minimum absolute atomic E-state index is 0.104. The van der Waals surface area contributed by atoms with E-state index in [2.05, 4.69) is 19.2 Å². The van der Waals surface area contributed by atoms with E-state index >= 15 is 0 Å². The lowest BCUT2D eigenvalue weighted by Crippen LogP contribution is -2.24. The van der Waals surface area contributed by atoms with Gasteiger partial charge in [-0.3, -0.25) is 4.79 Å². The van der Waals surface area contributed by atoms with E-state index in [0.717, 1.165) is 18.7 Å². The van der Waals surface area contributed by atoms with Gasteiger partial charge in [0.25, 0.3) is 0 Å². The molecule has 0 atom stereocenters. The van der Waals surface area contributed by atoms with Crippen LogP contribution in [0.3, 0.4) is 0 Å². The second-order valence-electron chi connectivity index (χ2n) is 4.51. The van der Waals surface area contributed by atoms with Gasteiger partial charge in [-0.25, -0.2) is 0 Å². The van der Waals surface area contributed by atoms with Crippen LogP contribution in [-0.2, 0) is 0 Å². The Morgan fingerprint density at radius 2 is 2.18 bits per heavy atom. The first-order chi connectivity index (χ1) is 8.13. The predicted octanol–water partition coefficient (Wildman–Crippen LogP) is 2.51. The van der Waals surface area contributed by atoms with Crippen LogP contribution in [0.1, 0.15) is 30.6 Å². The minimum atomic E-state index is 0.104. The smallest absolute Gasteiger partial charge is 0.176 e. The maximum absolute atomic E-state index is 11.8. The van der Waals surface area contributed by atoms with Crippen LogP contribution in [-0.4, -0.2) is 26.0 Å². The van der Waals surface area contributed by atoms with Crippen molar-refractivity contribution >= 4 is 5.78 Å². The van der Waals surface area contributed by atoms with Crippen molar-refractivity contribution in [3.8, 4) is 5.75 Å². The molecule has 0 radical (unpaired) electrons. The predicted molar refractivity (Wildman–Crippen MR) is 69.6 cm³/mol. The molecule has 3 nitrogen and oxygen atoms in total. The van der Waals surface area contributed by atoms with Gasteiger partial charge >= 0.3 is 0 Å². The zero-order valence-corrected chi connectivity index (χ0v) is 10.8. The molecule has 1 rings (SSSR count). The third kappa shape index (κ3) is 5.00. The van der Waals surface area contributed by atoms with Crippen LogP contribution in [0.5, 0.6) is 5.75 Å². The zero-order valence-electron chi connectivity index (χ0n) is 10.8. The number of Topliss-reactive ketones (excluding diaryl/α,β-unsaturated/α-hetero) is 1. The standard InChI is InChI=1S/C14H21NO2/c1-11(2)7-8-15-10-14(16)12-5-4-6-13(9-12)17-3/h4-6,9,11,15H,7-8,10H2,1-3H3. The summed E-state index contributed by atoms with van der Waals surface area (Å²) in [6, 6.07) is 7.25. The average Bonchev–Trinajstić information content (AvgIpc) is 2.34. The molecule has 0 heterocycles. The minimum Gasteiger partial charge on any atom is -0.497 e. The quantitative estimate of drug-likeness (QED) is 0.583. The molecule has 1 N–H and O–H groups in total. The molecule has 94 valence electrons. The van der Waals surface area contributed by atoms with Crippen molar-refractivity contribution in [1.29, 1.82) is 0 Å². The number of carbonyl (C=O) groups is 1. The molecule has 0 amide bonds. The Morgan fingerprint density at radius 1 is 1.41 bits per heavy atom. The average molecular weight is 235 g/mol. The van der Waals surface area contributed by atoms with E-state index < -0.39 is 0 Å². The molecule has 0 saturated carbocycles. The number of rotatable bonds is 7. The number of ketones is 1. The summed E-state index contributed by atoms with van der Waals surface area (Å²) < 4.78 is 5.09. The summed E-state index contributed by atoms with van der Waals surface area (Å²) in [5.41, 5.74) is 0.696. The van der Waals surface area contributed by atoms with E-state index in [1.165, 1.54) is 0 Å². The summed E-state index contributed by atoms with van der Waals surface area (Å²) in [6.07, 6.45) is 1.09. The van der Waals surface area contributed by atoms with Crippen molar-refractivity contribution in [2.45, 2.75) is 20.3 Å². The highest BCUT2D eigenvalue weighted by Gasteiger charge is 2.06. The van der Waals surface area contributed by atoms with Crippen molar-refractivity contribution in [1.82, 2.24) is 5.32 Å². The monoisotopic (exact) mass is 235 g/mol. The Hall–Kier alpha value is -1.35.